The lowest BCUT2D eigenvalue weighted by Gasteiger charge is -2.34. The van der Waals surface area contributed by atoms with Gasteiger partial charge in [0, 0.05) is 18.9 Å². The third-order valence-corrected chi connectivity index (χ3v) is 4.27. The molecule has 0 saturated carbocycles. The fraction of sp³-hybridized carbons (Fsp3) is 0.611. The van der Waals surface area contributed by atoms with Crippen molar-refractivity contribution in [2.45, 2.75) is 38.7 Å². The zero-order chi connectivity index (χ0) is 16.7. The van der Waals surface area contributed by atoms with E-state index in [2.05, 4.69) is 24.5 Å². The zero-order valence-electron chi connectivity index (χ0n) is 14.8. The average molecular weight is 357 g/mol. The van der Waals surface area contributed by atoms with Gasteiger partial charge in [-0.2, -0.15) is 0 Å². The molecule has 136 valence electrons. The maximum Gasteiger partial charge on any atom is 0.256 e. The van der Waals surface area contributed by atoms with Crippen LogP contribution < -0.4 is 15.4 Å². The van der Waals surface area contributed by atoms with Gasteiger partial charge in [0.2, 0.25) is 0 Å². The molecule has 1 fully saturated rings. The highest BCUT2D eigenvalue weighted by Crippen LogP contribution is 2.25. The van der Waals surface area contributed by atoms with Gasteiger partial charge < -0.3 is 20.1 Å². The number of carbonyl (C=O) groups excluding carboxylic acids is 1. The second kappa shape index (κ2) is 9.87. The first-order chi connectivity index (χ1) is 11.1. The van der Waals surface area contributed by atoms with E-state index in [1.54, 1.807) is 7.11 Å². The molecule has 1 aliphatic heterocycles. The lowest BCUT2D eigenvalue weighted by atomic mass is 9.91. The highest BCUT2D eigenvalue weighted by Gasteiger charge is 2.39. The minimum Gasteiger partial charge on any atom is -0.494 e. The van der Waals surface area contributed by atoms with Crippen LogP contribution in [0, 0.1) is 5.92 Å². The summed E-state index contributed by atoms with van der Waals surface area (Å²) in [5.41, 5.74) is 0.00624. The molecule has 5 nitrogen and oxygen atoms in total. The van der Waals surface area contributed by atoms with Gasteiger partial charge >= 0.3 is 0 Å². The second-order valence-corrected chi connectivity index (χ2v) is 6.46. The number of methoxy groups -OCH3 is 1. The number of nitrogens with one attached hydrogen (secondary N) is 2. The van der Waals surface area contributed by atoms with Gasteiger partial charge in [0.15, 0.2) is 0 Å². The highest BCUT2D eigenvalue weighted by molar-refractivity contribution is 5.97. The van der Waals surface area contributed by atoms with Gasteiger partial charge in [0.05, 0.1) is 6.61 Å². The summed E-state index contributed by atoms with van der Waals surface area (Å²) in [4.78, 5) is 12.6. The summed E-state index contributed by atoms with van der Waals surface area (Å²) in [6, 6.07) is 7.54. The minimum absolute atomic E-state index is 0. The summed E-state index contributed by atoms with van der Waals surface area (Å²) in [7, 11) is 1.61. The van der Waals surface area contributed by atoms with Crippen molar-refractivity contribution in [1.29, 1.82) is 0 Å². The lowest BCUT2D eigenvalue weighted by molar-refractivity contribution is -0.140. The third kappa shape index (κ3) is 5.65. The van der Waals surface area contributed by atoms with Gasteiger partial charge in [-0.05, 0) is 50.4 Å². The van der Waals surface area contributed by atoms with E-state index in [9.17, 15) is 4.79 Å². The number of halogens is 1. The molecular formula is C18H29ClN2O3. The molecule has 0 radical (unpaired) electrons. The van der Waals surface area contributed by atoms with Crippen LogP contribution in [0.4, 0.5) is 5.69 Å². The third-order valence-electron chi connectivity index (χ3n) is 4.27. The van der Waals surface area contributed by atoms with Crippen LogP contribution in [0.1, 0.15) is 33.1 Å². The normalized spacial score (nSPS) is 16.3. The number of benzene rings is 1. The number of piperidine rings is 1. The van der Waals surface area contributed by atoms with Crippen molar-refractivity contribution >= 4 is 24.0 Å². The van der Waals surface area contributed by atoms with Crippen LogP contribution in [0.2, 0.25) is 0 Å². The number of hydrogen-bond donors (Lipinski definition) is 2. The average Bonchev–Trinajstić information content (AvgIpc) is 2.55. The molecule has 0 atom stereocenters. The van der Waals surface area contributed by atoms with E-state index in [-0.39, 0.29) is 18.3 Å². The molecule has 24 heavy (non-hydrogen) atoms. The summed E-state index contributed by atoms with van der Waals surface area (Å²) >= 11 is 0. The van der Waals surface area contributed by atoms with Crippen molar-refractivity contribution in [2.75, 3.05) is 32.1 Å². The molecule has 0 aromatic heterocycles. The Bertz CT molecular complexity index is 517. The summed E-state index contributed by atoms with van der Waals surface area (Å²) in [6.07, 6.45) is 2.37. The molecule has 1 aromatic rings. The predicted octanol–water partition coefficient (Wildman–Crippen LogP) is 3.24. The van der Waals surface area contributed by atoms with Crippen LogP contribution in [0.5, 0.6) is 5.75 Å². The molecule has 0 spiro atoms. The molecule has 0 aliphatic carbocycles. The van der Waals surface area contributed by atoms with E-state index in [1.165, 1.54) is 0 Å². The Labute approximate surface area is 150 Å². The van der Waals surface area contributed by atoms with E-state index in [0.29, 0.717) is 25.4 Å². The second-order valence-electron chi connectivity index (χ2n) is 6.46. The highest BCUT2D eigenvalue weighted by atomic mass is 35.5. The minimum atomic E-state index is -0.736. The molecular weight excluding hydrogens is 328 g/mol. The number of carbonyl (C=O) groups is 1. The molecule has 0 bridgehead atoms. The maximum absolute atomic E-state index is 12.6. The molecule has 6 heteroatoms. The molecule has 1 amide bonds. The number of hydrogen-bond acceptors (Lipinski definition) is 4. The lowest BCUT2D eigenvalue weighted by Crippen LogP contribution is -2.51. The Balaban J connectivity index is 0.00000288. The molecule has 1 aromatic carbocycles. The molecule has 1 aliphatic rings. The van der Waals surface area contributed by atoms with Gasteiger partial charge in [-0.15, -0.1) is 12.4 Å². The van der Waals surface area contributed by atoms with Crippen LogP contribution in [-0.2, 0) is 9.53 Å². The van der Waals surface area contributed by atoms with Gasteiger partial charge in [0.1, 0.15) is 11.4 Å². The van der Waals surface area contributed by atoms with E-state index in [0.717, 1.165) is 30.9 Å². The quantitative estimate of drug-likeness (QED) is 0.787. The molecule has 2 N–H and O–H groups in total. The first-order valence-electron chi connectivity index (χ1n) is 8.36. The molecule has 1 saturated heterocycles. The first-order valence-corrected chi connectivity index (χ1v) is 8.36. The largest absolute Gasteiger partial charge is 0.494 e. The predicted molar refractivity (Wildman–Crippen MR) is 99.1 cm³/mol. The van der Waals surface area contributed by atoms with E-state index in [1.807, 2.05) is 24.3 Å². The van der Waals surface area contributed by atoms with Gasteiger partial charge in [-0.3, -0.25) is 4.79 Å². The number of rotatable bonds is 7. The van der Waals surface area contributed by atoms with E-state index >= 15 is 0 Å². The van der Waals surface area contributed by atoms with Crippen LogP contribution in [0.25, 0.3) is 0 Å². The summed E-state index contributed by atoms with van der Waals surface area (Å²) < 4.78 is 11.3. The Hall–Kier alpha value is -1.30. The van der Waals surface area contributed by atoms with E-state index in [4.69, 9.17) is 9.47 Å². The van der Waals surface area contributed by atoms with Crippen LogP contribution in [-0.4, -0.2) is 38.3 Å². The Morgan fingerprint density at radius 1 is 1.33 bits per heavy atom. The van der Waals surface area contributed by atoms with Crippen molar-refractivity contribution in [1.82, 2.24) is 5.32 Å². The molecule has 2 rings (SSSR count). The maximum atomic E-state index is 12.6. The smallest absolute Gasteiger partial charge is 0.256 e. The number of anilines is 1. The van der Waals surface area contributed by atoms with Crippen LogP contribution in [0.15, 0.2) is 24.3 Å². The Kier molecular flexibility index (Phi) is 8.53. The SMILES string of the molecule is COC1(C(=O)Nc2cccc(OCCC(C)C)c2)CCNCC1.Cl. The van der Waals surface area contributed by atoms with Crippen molar-refractivity contribution < 1.29 is 14.3 Å². The van der Waals surface area contributed by atoms with E-state index < -0.39 is 5.60 Å². The van der Waals surface area contributed by atoms with Crippen molar-refractivity contribution in [3.05, 3.63) is 24.3 Å². The van der Waals surface area contributed by atoms with Gasteiger partial charge in [-0.25, -0.2) is 0 Å². The fourth-order valence-corrected chi connectivity index (χ4v) is 2.68. The van der Waals surface area contributed by atoms with Crippen LogP contribution >= 0.6 is 12.4 Å². The number of amides is 1. The molecule has 1 heterocycles. The van der Waals surface area contributed by atoms with Gasteiger partial charge in [-0.1, -0.05) is 19.9 Å². The zero-order valence-corrected chi connectivity index (χ0v) is 15.6. The van der Waals surface area contributed by atoms with Crippen LogP contribution in [0.3, 0.4) is 0 Å². The Morgan fingerprint density at radius 3 is 2.67 bits per heavy atom. The summed E-state index contributed by atoms with van der Waals surface area (Å²) in [5.74, 6) is 1.31. The van der Waals surface area contributed by atoms with Gasteiger partial charge in [0.25, 0.3) is 5.91 Å². The fourth-order valence-electron chi connectivity index (χ4n) is 2.68. The van der Waals surface area contributed by atoms with Crippen molar-refractivity contribution in [3.8, 4) is 5.75 Å². The summed E-state index contributed by atoms with van der Waals surface area (Å²) in [5, 5.41) is 6.23. The number of ether oxygens (including phenoxy) is 2. The topological polar surface area (TPSA) is 59.6 Å². The van der Waals surface area contributed by atoms with Crippen molar-refractivity contribution in [3.63, 3.8) is 0 Å². The van der Waals surface area contributed by atoms with Crippen molar-refractivity contribution in [2.24, 2.45) is 5.92 Å². The monoisotopic (exact) mass is 356 g/mol. The standard InChI is InChI=1S/C18H28N2O3.ClH/c1-14(2)7-12-23-16-6-4-5-15(13-16)20-17(21)18(22-3)8-10-19-11-9-18;/h4-6,13-14,19H,7-12H2,1-3H3,(H,20,21);1H. The Morgan fingerprint density at radius 2 is 2.04 bits per heavy atom. The molecule has 0 unspecified atom stereocenters. The first kappa shape index (κ1) is 20.7. The summed E-state index contributed by atoms with van der Waals surface area (Å²) in [6.45, 7) is 6.61.